The van der Waals surface area contributed by atoms with E-state index in [1.54, 1.807) is 6.26 Å². The van der Waals surface area contributed by atoms with Crippen molar-refractivity contribution < 1.29 is 9.21 Å². The van der Waals surface area contributed by atoms with Crippen molar-refractivity contribution in [2.45, 2.75) is 33.1 Å². The van der Waals surface area contributed by atoms with E-state index in [4.69, 9.17) is 4.42 Å². The summed E-state index contributed by atoms with van der Waals surface area (Å²) in [5.74, 6) is 0.372. The zero-order valence-corrected chi connectivity index (χ0v) is 17.0. The summed E-state index contributed by atoms with van der Waals surface area (Å²) < 4.78 is 5.73. The molecule has 0 unspecified atom stereocenters. The monoisotopic (exact) mass is 383 g/mol. The minimum atomic E-state index is -0.0530. The largest absolute Gasteiger partial charge is 0.464 e. The van der Waals surface area contributed by atoms with E-state index in [1.165, 1.54) is 11.1 Å². The van der Waals surface area contributed by atoms with Crippen LogP contribution in [0.15, 0.2) is 77.4 Å². The first kappa shape index (κ1) is 19.0. The van der Waals surface area contributed by atoms with Gasteiger partial charge >= 0.3 is 0 Å². The highest BCUT2D eigenvalue weighted by Crippen LogP contribution is 2.30. The molecule has 3 heteroatoms. The van der Waals surface area contributed by atoms with E-state index in [1.807, 2.05) is 54.6 Å². The maximum absolute atomic E-state index is 12.8. The van der Waals surface area contributed by atoms with E-state index >= 15 is 0 Å². The van der Waals surface area contributed by atoms with Crippen LogP contribution in [0.1, 0.15) is 36.5 Å². The van der Waals surface area contributed by atoms with Crippen LogP contribution in [0.5, 0.6) is 0 Å². The van der Waals surface area contributed by atoms with Crippen molar-refractivity contribution in [3.05, 3.63) is 89.7 Å². The first-order valence-corrected chi connectivity index (χ1v) is 9.98. The molecule has 1 heterocycles. The highest BCUT2D eigenvalue weighted by molar-refractivity contribution is 5.98. The Morgan fingerprint density at radius 2 is 1.72 bits per heavy atom. The average Bonchev–Trinajstić information content (AvgIpc) is 3.09. The van der Waals surface area contributed by atoms with Crippen molar-refractivity contribution in [2.24, 2.45) is 0 Å². The number of hydrogen-bond donors (Lipinski definition) is 1. The third kappa shape index (κ3) is 3.95. The van der Waals surface area contributed by atoms with Gasteiger partial charge in [-0.1, -0.05) is 62.4 Å². The Balaban J connectivity index is 1.60. The summed E-state index contributed by atoms with van der Waals surface area (Å²) in [6.45, 7) is 6.46. The van der Waals surface area contributed by atoms with Crippen LogP contribution >= 0.6 is 0 Å². The number of hydrogen-bond acceptors (Lipinski definition) is 2. The Kier molecular flexibility index (Phi) is 5.22. The predicted molar refractivity (Wildman–Crippen MR) is 119 cm³/mol. The molecule has 4 aromatic rings. The lowest BCUT2D eigenvalue weighted by Crippen LogP contribution is -2.14. The molecular formula is C26H25NO2. The molecule has 3 aromatic carbocycles. The van der Waals surface area contributed by atoms with Gasteiger partial charge in [0.2, 0.25) is 5.91 Å². The molecule has 0 fully saturated rings. The number of rotatable bonds is 5. The molecule has 0 aliphatic carbocycles. The maximum atomic E-state index is 12.8. The second kappa shape index (κ2) is 7.96. The van der Waals surface area contributed by atoms with Crippen molar-refractivity contribution in [2.75, 3.05) is 5.32 Å². The molecule has 1 amide bonds. The Bertz CT molecular complexity index is 1160. The van der Waals surface area contributed by atoms with Crippen LogP contribution in [-0.4, -0.2) is 5.91 Å². The van der Waals surface area contributed by atoms with Crippen LogP contribution in [-0.2, 0) is 11.2 Å². The van der Waals surface area contributed by atoms with E-state index in [-0.39, 0.29) is 12.3 Å². The number of para-hydroxylation sites is 1. The van der Waals surface area contributed by atoms with Crippen LogP contribution in [0.4, 0.5) is 5.69 Å². The number of amides is 1. The van der Waals surface area contributed by atoms with Gasteiger partial charge in [0.05, 0.1) is 12.7 Å². The van der Waals surface area contributed by atoms with Crippen molar-refractivity contribution in [1.29, 1.82) is 0 Å². The van der Waals surface area contributed by atoms with Gasteiger partial charge in [-0.3, -0.25) is 4.79 Å². The molecule has 0 aliphatic rings. The van der Waals surface area contributed by atoms with Crippen molar-refractivity contribution >= 4 is 22.6 Å². The second-order valence-corrected chi connectivity index (χ2v) is 7.76. The molecular weight excluding hydrogens is 358 g/mol. The molecule has 3 nitrogen and oxygen atoms in total. The molecule has 0 aliphatic heterocycles. The molecule has 0 radical (unpaired) electrons. The SMILES string of the molecule is Cc1cc2occ(CC(=O)Nc3ccccc3-c3ccccc3)c2cc1C(C)C. The fourth-order valence-corrected chi connectivity index (χ4v) is 3.83. The van der Waals surface area contributed by atoms with Gasteiger partial charge in [-0.05, 0) is 47.7 Å². The lowest BCUT2D eigenvalue weighted by Gasteiger charge is -2.12. The summed E-state index contributed by atoms with van der Waals surface area (Å²) in [6.07, 6.45) is 1.98. The molecule has 146 valence electrons. The number of carbonyl (C=O) groups is 1. The van der Waals surface area contributed by atoms with Gasteiger partial charge in [-0.2, -0.15) is 0 Å². The quantitative estimate of drug-likeness (QED) is 0.416. The molecule has 1 aromatic heterocycles. The maximum Gasteiger partial charge on any atom is 0.228 e. The molecule has 4 rings (SSSR count). The fourth-order valence-electron chi connectivity index (χ4n) is 3.83. The molecule has 0 spiro atoms. The molecule has 0 bridgehead atoms. The van der Waals surface area contributed by atoms with E-state index < -0.39 is 0 Å². The van der Waals surface area contributed by atoms with Gasteiger partial charge in [0.1, 0.15) is 5.58 Å². The van der Waals surface area contributed by atoms with Gasteiger partial charge in [-0.15, -0.1) is 0 Å². The number of benzene rings is 3. The minimum absolute atomic E-state index is 0.0530. The number of aryl methyl sites for hydroxylation is 1. The number of nitrogens with one attached hydrogen (secondary N) is 1. The first-order chi connectivity index (χ1) is 14.0. The minimum Gasteiger partial charge on any atom is -0.464 e. The molecule has 0 atom stereocenters. The van der Waals surface area contributed by atoms with Crippen LogP contribution in [0, 0.1) is 6.92 Å². The van der Waals surface area contributed by atoms with Crippen molar-refractivity contribution in [1.82, 2.24) is 0 Å². The molecule has 29 heavy (non-hydrogen) atoms. The Hall–Kier alpha value is -3.33. The van der Waals surface area contributed by atoms with Gasteiger partial charge in [0, 0.05) is 22.2 Å². The smallest absolute Gasteiger partial charge is 0.228 e. The van der Waals surface area contributed by atoms with Gasteiger partial charge < -0.3 is 9.73 Å². The number of anilines is 1. The topological polar surface area (TPSA) is 42.2 Å². The third-order valence-corrected chi connectivity index (χ3v) is 5.30. The van der Waals surface area contributed by atoms with Crippen LogP contribution in [0.2, 0.25) is 0 Å². The Morgan fingerprint density at radius 3 is 2.48 bits per heavy atom. The molecule has 0 saturated heterocycles. The summed E-state index contributed by atoms with van der Waals surface area (Å²) in [7, 11) is 0. The third-order valence-electron chi connectivity index (χ3n) is 5.30. The second-order valence-electron chi connectivity index (χ2n) is 7.76. The highest BCUT2D eigenvalue weighted by atomic mass is 16.3. The van der Waals surface area contributed by atoms with E-state index in [0.29, 0.717) is 5.92 Å². The molecule has 0 saturated carbocycles. The zero-order valence-electron chi connectivity index (χ0n) is 17.0. The normalized spacial score (nSPS) is 11.2. The van der Waals surface area contributed by atoms with Gasteiger partial charge in [0.25, 0.3) is 0 Å². The number of furan rings is 1. The Morgan fingerprint density at radius 1 is 1.00 bits per heavy atom. The standard InChI is InChI=1S/C26H25NO2/c1-17(2)22-15-23-20(16-29-25(23)13-18(22)3)14-26(28)27-24-12-8-7-11-21(24)19-9-5-4-6-10-19/h4-13,15-17H,14H2,1-3H3,(H,27,28). The van der Waals surface area contributed by atoms with Crippen LogP contribution in [0.3, 0.4) is 0 Å². The van der Waals surface area contributed by atoms with Crippen molar-refractivity contribution in [3.8, 4) is 11.1 Å². The fraction of sp³-hybridized carbons (Fsp3) is 0.192. The highest BCUT2D eigenvalue weighted by Gasteiger charge is 2.15. The van der Waals surface area contributed by atoms with E-state index in [0.717, 1.165) is 33.3 Å². The van der Waals surface area contributed by atoms with E-state index in [9.17, 15) is 4.79 Å². The van der Waals surface area contributed by atoms with Gasteiger partial charge in [-0.25, -0.2) is 0 Å². The summed E-state index contributed by atoms with van der Waals surface area (Å²) in [4.78, 5) is 12.8. The summed E-state index contributed by atoms with van der Waals surface area (Å²) in [5, 5.41) is 4.10. The first-order valence-electron chi connectivity index (χ1n) is 9.98. The molecule has 1 N–H and O–H groups in total. The van der Waals surface area contributed by atoms with Crippen LogP contribution in [0.25, 0.3) is 22.1 Å². The number of carbonyl (C=O) groups excluding carboxylic acids is 1. The summed E-state index contributed by atoms with van der Waals surface area (Å²) in [5.41, 5.74) is 7.15. The van der Waals surface area contributed by atoms with Gasteiger partial charge in [0.15, 0.2) is 0 Å². The lowest BCUT2D eigenvalue weighted by molar-refractivity contribution is -0.115. The van der Waals surface area contributed by atoms with E-state index in [2.05, 4.69) is 38.2 Å². The summed E-state index contributed by atoms with van der Waals surface area (Å²) >= 11 is 0. The average molecular weight is 383 g/mol. The zero-order chi connectivity index (χ0) is 20.4. The summed E-state index contributed by atoms with van der Waals surface area (Å²) in [6, 6.07) is 22.2. The number of fused-ring (bicyclic) bond motifs is 1. The lowest BCUT2D eigenvalue weighted by atomic mass is 9.95. The predicted octanol–water partition coefficient (Wildman–Crippen LogP) is 6.71. The van der Waals surface area contributed by atoms with Crippen molar-refractivity contribution in [3.63, 3.8) is 0 Å². The Labute approximate surface area is 171 Å². The van der Waals surface area contributed by atoms with Crippen LogP contribution < -0.4 is 5.32 Å².